The Morgan fingerprint density at radius 3 is 2.44 bits per heavy atom. The van der Waals surface area contributed by atoms with E-state index in [1.54, 1.807) is 0 Å². The molecule has 0 amide bonds. The molecule has 3 aromatic rings. The van der Waals surface area contributed by atoms with Crippen molar-refractivity contribution < 1.29 is 0 Å². The lowest BCUT2D eigenvalue weighted by Crippen LogP contribution is -1.99. The molecule has 122 valence electrons. The molecule has 25 heavy (non-hydrogen) atoms. The van der Waals surface area contributed by atoms with Crippen molar-refractivity contribution in [2.45, 2.75) is 20.8 Å². The first-order valence-electron chi connectivity index (χ1n) is 8.63. The molecule has 0 aliphatic heterocycles. The SMILES string of the molecule is Cc1cccc(-c2ccc(-n3c(C)c(C)c4c3C=C=CC=C4)cc2)c1. The summed E-state index contributed by atoms with van der Waals surface area (Å²) >= 11 is 0. The van der Waals surface area contributed by atoms with Crippen LogP contribution in [0.2, 0.25) is 0 Å². The highest BCUT2D eigenvalue weighted by Crippen LogP contribution is 2.30. The molecule has 0 atom stereocenters. The first-order valence-corrected chi connectivity index (χ1v) is 8.63. The second-order valence-corrected chi connectivity index (χ2v) is 6.60. The van der Waals surface area contributed by atoms with Gasteiger partial charge in [-0.25, -0.2) is 0 Å². The van der Waals surface area contributed by atoms with Crippen molar-refractivity contribution in [3.63, 3.8) is 0 Å². The van der Waals surface area contributed by atoms with Gasteiger partial charge in [0.15, 0.2) is 0 Å². The predicted molar refractivity (Wildman–Crippen MR) is 107 cm³/mol. The van der Waals surface area contributed by atoms with Crippen LogP contribution in [0.3, 0.4) is 0 Å². The molecule has 1 heteroatoms. The quantitative estimate of drug-likeness (QED) is 0.490. The Hall–Kier alpha value is -3.02. The highest BCUT2D eigenvalue weighted by Gasteiger charge is 2.15. The van der Waals surface area contributed by atoms with Crippen LogP contribution in [0.1, 0.15) is 28.1 Å². The average Bonchev–Trinajstić information content (AvgIpc) is 2.79. The van der Waals surface area contributed by atoms with E-state index >= 15 is 0 Å². The maximum atomic E-state index is 3.24. The topological polar surface area (TPSA) is 4.93 Å². The monoisotopic (exact) mass is 323 g/mol. The maximum Gasteiger partial charge on any atom is 0.0611 e. The molecule has 4 rings (SSSR count). The van der Waals surface area contributed by atoms with Crippen LogP contribution >= 0.6 is 0 Å². The van der Waals surface area contributed by atoms with Gasteiger partial charge in [0.25, 0.3) is 0 Å². The largest absolute Gasteiger partial charge is 0.313 e. The number of nitrogens with zero attached hydrogens (tertiary/aromatic N) is 1. The number of hydrogen-bond acceptors (Lipinski definition) is 0. The molecule has 0 fully saturated rings. The summed E-state index contributed by atoms with van der Waals surface area (Å²) in [6, 6.07) is 17.5. The Kier molecular flexibility index (Phi) is 3.80. The number of aryl methyl sites for hydroxylation is 1. The molecule has 0 bridgehead atoms. The second kappa shape index (κ2) is 6.12. The van der Waals surface area contributed by atoms with Crippen molar-refractivity contribution in [1.29, 1.82) is 0 Å². The van der Waals surface area contributed by atoms with Crippen LogP contribution in [0.4, 0.5) is 0 Å². The van der Waals surface area contributed by atoms with Gasteiger partial charge in [-0.1, -0.05) is 54.1 Å². The van der Waals surface area contributed by atoms with E-state index in [0.717, 1.165) is 0 Å². The van der Waals surface area contributed by atoms with Crippen molar-refractivity contribution in [2.24, 2.45) is 0 Å². The molecule has 1 aliphatic carbocycles. The summed E-state index contributed by atoms with van der Waals surface area (Å²) in [6.07, 6.45) is 8.26. The number of allylic oxidation sites excluding steroid dienone is 2. The number of fused-ring (bicyclic) bond motifs is 1. The van der Waals surface area contributed by atoms with Gasteiger partial charge in [0.2, 0.25) is 0 Å². The minimum absolute atomic E-state index is 1.19. The van der Waals surface area contributed by atoms with Gasteiger partial charge in [0, 0.05) is 23.0 Å². The van der Waals surface area contributed by atoms with Gasteiger partial charge in [0.05, 0.1) is 5.69 Å². The summed E-state index contributed by atoms with van der Waals surface area (Å²) in [6.45, 7) is 6.51. The Balaban J connectivity index is 1.82. The summed E-state index contributed by atoms with van der Waals surface area (Å²) in [7, 11) is 0. The fraction of sp³-hybridized carbons (Fsp3) is 0.125. The number of benzene rings is 2. The number of aromatic nitrogens is 1. The molecule has 1 heterocycles. The third-order valence-electron chi connectivity index (χ3n) is 4.95. The van der Waals surface area contributed by atoms with Crippen molar-refractivity contribution in [3.8, 4) is 16.8 Å². The summed E-state index contributed by atoms with van der Waals surface area (Å²) in [4.78, 5) is 0. The highest BCUT2D eigenvalue weighted by atomic mass is 15.0. The standard InChI is InChI=1S/C24H21N/c1-17-8-7-9-21(16-17)20-12-14-22(15-13-20)25-19(3)18(2)23-10-5-4-6-11-24(23)25/h4-5,7-16H,1-3H3. The summed E-state index contributed by atoms with van der Waals surface area (Å²) < 4.78 is 2.32. The van der Waals surface area contributed by atoms with Gasteiger partial charge in [0.1, 0.15) is 0 Å². The van der Waals surface area contributed by atoms with Crippen LogP contribution in [-0.4, -0.2) is 4.57 Å². The lowest BCUT2D eigenvalue weighted by atomic mass is 10.0. The van der Waals surface area contributed by atoms with Gasteiger partial charge in [-0.3, -0.25) is 0 Å². The van der Waals surface area contributed by atoms with Gasteiger partial charge >= 0.3 is 0 Å². The number of rotatable bonds is 2. The van der Waals surface area contributed by atoms with E-state index in [4.69, 9.17) is 0 Å². The van der Waals surface area contributed by atoms with Crippen LogP contribution in [0.25, 0.3) is 29.0 Å². The molecule has 0 unspecified atom stereocenters. The van der Waals surface area contributed by atoms with Crippen molar-refractivity contribution in [3.05, 3.63) is 94.5 Å². The maximum absolute atomic E-state index is 3.24. The molecule has 1 aromatic heterocycles. The molecular formula is C24H21N. The lowest BCUT2D eigenvalue weighted by Gasteiger charge is -2.11. The van der Waals surface area contributed by atoms with Crippen molar-refractivity contribution in [1.82, 2.24) is 4.57 Å². The number of hydrogen-bond donors (Lipinski definition) is 0. The third-order valence-corrected chi connectivity index (χ3v) is 4.95. The molecule has 0 N–H and O–H groups in total. The van der Waals surface area contributed by atoms with Crippen molar-refractivity contribution >= 4 is 12.2 Å². The Morgan fingerprint density at radius 1 is 0.880 bits per heavy atom. The van der Waals surface area contributed by atoms with Crippen molar-refractivity contribution in [2.75, 3.05) is 0 Å². The Bertz CT molecular complexity index is 1040. The van der Waals surface area contributed by atoms with Crippen LogP contribution in [0.5, 0.6) is 0 Å². The first-order chi connectivity index (χ1) is 12.1. The van der Waals surface area contributed by atoms with E-state index in [9.17, 15) is 0 Å². The second-order valence-electron chi connectivity index (χ2n) is 6.60. The third kappa shape index (κ3) is 2.69. The molecular weight excluding hydrogens is 302 g/mol. The van der Waals surface area contributed by atoms with Crippen LogP contribution in [0, 0.1) is 20.8 Å². The lowest BCUT2D eigenvalue weighted by molar-refractivity contribution is 0.994. The minimum Gasteiger partial charge on any atom is -0.313 e. The zero-order valence-corrected chi connectivity index (χ0v) is 14.9. The fourth-order valence-electron chi connectivity index (χ4n) is 3.50. The zero-order valence-electron chi connectivity index (χ0n) is 14.9. The molecule has 0 saturated carbocycles. The van der Waals surface area contributed by atoms with Gasteiger partial charge < -0.3 is 4.57 Å². The summed E-state index contributed by atoms with van der Waals surface area (Å²) in [5.74, 6) is 0. The van der Waals surface area contributed by atoms with E-state index in [1.807, 2.05) is 6.08 Å². The average molecular weight is 323 g/mol. The fourth-order valence-corrected chi connectivity index (χ4v) is 3.50. The highest BCUT2D eigenvalue weighted by molar-refractivity contribution is 5.73. The molecule has 1 nitrogen and oxygen atoms in total. The molecule has 1 aliphatic rings. The Labute approximate surface area is 149 Å². The van der Waals surface area contributed by atoms with E-state index < -0.39 is 0 Å². The van der Waals surface area contributed by atoms with Gasteiger partial charge in [-0.05, 0) is 55.7 Å². The summed E-state index contributed by atoms with van der Waals surface area (Å²) in [5, 5.41) is 0. The first kappa shape index (κ1) is 15.5. The van der Waals surface area contributed by atoms with Gasteiger partial charge in [-0.15, -0.1) is 5.73 Å². The predicted octanol–water partition coefficient (Wildman–Crippen LogP) is 6.26. The summed E-state index contributed by atoms with van der Waals surface area (Å²) in [5.41, 5.74) is 13.3. The molecule has 0 radical (unpaired) electrons. The molecule has 2 aromatic carbocycles. The smallest absolute Gasteiger partial charge is 0.0611 e. The molecule has 0 spiro atoms. The minimum atomic E-state index is 1.19. The normalized spacial score (nSPS) is 12.3. The Morgan fingerprint density at radius 2 is 1.68 bits per heavy atom. The van der Waals surface area contributed by atoms with E-state index in [2.05, 4.69) is 97.8 Å². The van der Waals surface area contributed by atoms with Crippen LogP contribution in [-0.2, 0) is 0 Å². The zero-order chi connectivity index (χ0) is 17.4. The van der Waals surface area contributed by atoms with E-state index in [0.29, 0.717) is 0 Å². The van der Waals surface area contributed by atoms with Crippen LogP contribution in [0.15, 0.2) is 66.4 Å². The van der Waals surface area contributed by atoms with Gasteiger partial charge in [-0.2, -0.15) is 0 Å². The van der Waals surface area contributed by atoms with E-state index in [1.165, 1.54) is 44.9 Å². The van der Waals surface area contributed by atoms with E-state index in [-0.39, 0.29) is 0 Å². The van der Waals surface area contributed by atoms with Crippen LogP contribution < -0.4 is 0 Å². The molecule has 0 saturated heterocycles.